The number of primary amides is 1. The van der Waals surface area contributed by atoms with Gasteiger partial charge in [0.2, 0.25) is 11.8 Å². The molecule has 3 rings (SSSR count). The van der Waals surface area contributed by atoms with E-state index < -0.39 is 11.9 Å². The van der Waals surface area contributed by atoms with Crippen LogP contribution in [0.3, 0.4) is 0 Å². The molecule has 21 heavy (non-hydrogen) atoms. The Morgan fingerprint density at radius 2 is 2.10 bits per heavy atom. The number of carbonyl (C=O) groups is 2. The maximum atomic E-state index is 12.5. The average molecular weight is 289 g/mol. The van der Waals surface area contributed by atoms with Crippen LogP contribution in [0.25, 0.3) is 0 Å². The fourth-order valence-corrected chi connectivity index (χ4v) is 2.74. The average Bonchev–Trinajstić information content (AvgIpc) is 2.92. The number of ether oxygens (including phenoxy) is 1. The molecule has 0 bridgehead atoms. The van der Waals surface area contributed by atoms with Crippen molar-refractivity contribution in [2.45, 2.75) is 44.2 Å². The van der Waals surface area contributed by atoms with E-state index in [-0.39, 0.29) is 12.0 Å². The number of rotatable bonds is 4. The molecule has 1 aliphatic heterocycles. The summed E-state index contributed by atoms with van der Waals surface area (Å²) in [4.78, 5) is 29.6. The smallest absolute Gasteiger partial charge is 0.254 e. The highest BCUT2D eigenvalue weighted by Crippen LogP contribution is 2.25. The molecule has 1 aromatic rings. The lowest BCUT2D eigenvalue weighted by molar-refractivity contribution is -0.121. The number of hydrogen-bond donors (Lipinski definition) is 1. The molecule has 1 saturated heterocycles. The molecular formula is C15H19N3O3. The number of aromatic nitrogens is 1. The lowest BCUT2D eigenvalue weighted by Crippen LogP contribution is -2.43. The number of pyridine rings is 1. The Labute approximate surface area is 123 Å². The Bertz CT molecular complexity index is 557. The first-order valence-electron chi connectivity index (χ1n) is 7.38. The summed E-state index contributed by atoms with van der Waals surface area (Å²) in [6, 6.07) is 2.80. The second kappa shape index (κ2) is 5.71. The Balaban J connectivity index is 1.74. The molecule has 2 amide bonds. The maximum Gasteiger partial charge on any atom is 0.254 e. The number of hydrogen-bond acceptors (Lipinski definition) is 4. The molecular weight excluding hydrogens is 270 g/mol. The topological polar surface area (TPSA) is 85.5 Å². The van der Waals surface area contributed by atoms with E-state index in [0.717, 1.165) is 19.3 Å². The van der Waals surface area contributed by atoms with Crippen molar-refractivity contribution < 1.29 is 14.3 Å². The van der Waals surface area contributed by atoms with Crippen LogP contribution in [0.15, 0.2) is 18.3 Å². The maximum absolute atomic E-state index is 12.5. The van der Waals surface area contributed by atoms with Gasteiger partial charge in [-0.25, -0.2) is 4.98 Å². The third kappa shape index (κ3) is 2.84. The van der Waals surface area contributed by atoms with Crippen molar-refractivity contribution >= 4 is 11.8 Å². The van der Waals surface area contributed by atoms with Crippen molar-refractivity contribution in [2.24, 2.45) is 5.73 Å². The molecule has 2 N–H and O–H groups in total. The lowest BCUT2D eigenvalue weighted by Gasteiger charge is -2.26. The zero-order valence-corrected chi connectivity index (χ0v) is 11.8. The molecule has 1 aromatic heterocycles. The van der Waals surface area contributed by atoms with Gasteiger partial charge in [-0.05, 0) is 38.2 Å². The van der Waals surface area contributed by atoms with Gasteiger partial charge in [0.15, 0.2) is 0 Å². The fraction of sp³-hybridized carbons (Fsp3) is 0.533. The van der Waals surface area contributed by atoms with E-state index in [1.165, 1.54) is 6.42 Å². The summed E-state index contributed by atoms with van der Waals surface area (Å²) in [6.45, 7) is 0.563. The van der Waals surface area contributed by atoms with Crippen LogP contribution in [0.1, 0.15) is 42.5 Å². The second-order valence-electron chi connectivity index (χ2n) is 5.61. The first kappa shape index (κ1) is 13.9. The van der Waals surface area contributed by atoms with E-state index in [9.17, 15) is 9.59 Å². The summed E-state index contributed by atoms with van der Waals surface area (Å²) < 4.78 is 5.70. The first-order valence-corrected chi connectivity index (χ1v) is 7.38. The summed E-state index contributed by atoms with van der Waals surface area (Å²) in [7, 11) is 0. The van der Waals surface area contributed by atoms with Gasteiger partial charge in [0.25, 0.3) is 5.91 Å². The largest absolute Gasteiger partial charge is 0.474 e. The molecule has 6 heteroatoms. The van der Waals surface area contributed by atoms with Crippen LogP contribution in [0, 0.1) is 0 Å². The van der Waals surface area contributed by atoms with Crippen molar-refractivity contribution in [3.63, 3.8) is 0 Å². The summed E-state index contributed by atoms with van der Waals surface area (Å²) >= 11 is 0. The Hall–Kier alpha value is -2.11. The van der Waals surface area contributed by atoms with Crippen molar-refractivity contribution in [1.29, 1.82) is 0 Å². The summed E-state index contributed by atoms with van der Waals surface area (Å²) in [6.07, 6.45) is 6.47. The van der Waals surface area contributed by atoms with Gasteiger partial charge in [-0.1, -0.05) is 0 Å². The van der Waals surface area contributed by atoms with E-state index in [4.69, 9.17) is 10.5 Å². The third-order valence-electron chi connectivity index (χ3n) is 4.16. The standard InChI is InChI=1S/C15H19N3O3/c16-14(19)12-5-2-8-18(12)15(20)10-6-7-17-13(9-10)21-11-3-1-4-11/h6-7,9,11-12H,1-5,8H2,(H2,16,19). The molecule has 0 radical (unpaired) electrons. The predicted octanol–water partition coefficient (Wildman–Crippen LogP) is 1.10. The lowest BCUT2D eigenvalue weighted by atomic mass is 9.96. The number of likely N-dealkylation sites (tertiary alicyclic amines) is 1. The minimum Gasteiger partial charge on any atom is -0.474 e. The van der Waals surface area contributed by atoms with Crippen LogP contribution in [0.4, 0.5) is 0 Å². The minimum atomic E-state index is -0.498. The summed E-state index contributed by atoms with van der Waals surface area (Å²) in [5.74, 6) is -0.154. The summed E-state index contributed by atoms with van der Waals surface area (Å²) in [5, 5.41) is 0. The quantitative estimate of drug-likeness (QED) is 0.899. The fourth-order valence-electron chi connectivity index (χ4n) is 2.74. The zero-order chi connectivity index (χ0) is 14.8. The minimum absolute atomic E-state index is 0.183. The summed E-state index contributed by atoms with van der Waals surface area (Å²) in [5.41, 5.74) is 5.85. The molecule has 0 spiro atoms. The third-order valence-corrected chi connectivity index (χ3v) is 4.16. The van der Waals surface area contributed by atoms with Crippen LogP contribution in [-0.2, 0) is 4.79 Å². The zero-order valence-electron chi connectivity index (χ0n) is 11.8. The molecule has 1 aliphatic carbocycles. The molecule has 1 unspecified atom stereocenters. The SMILES string of the molecule is NC(=O)C1CCCN1C(=O)c1ccnc(OC2CCC2)c1. The van der Waals surface area contributed by atoms with Gasteiger partial charge in [0.05, 0.1) is 0 Å². The molecule has 1 saturated carbocycles. The van der Waals surface area contributed by atoms with Crippen LogP contribution in [-0.4, -0.2) is 40.4 Å². The van der Waals surface area contributed by atoms with Gasteiger partial charge in [0.1, 0.15) is 12.1 Å². The van der Waals surface area contributed by atoms with E-state index >= 15 is 0 Å². The van der Waals surface area contributed by atoms with Crippen LogP contribution in [0.2, 0.25) is 0 Å². The predicted molar refractivity (Wildman–Crippen MR) is 75.8 cm³/mol. The van der Waals surface area contributed by atoms with Crippen molar-refractivity contribution in [3.05, 3.63) is 23.9 Å². The van der Waals surface area contributed by atoms with Gasteiger partial charge in [-0.2, -0.15) is 0 Å². The molecule has 1 atom stereocenters. The van der Waals surface area contributed by atoms with Gasteiger partial charge in [-0.3, -0.25) is 9.59 Å². The van der Waals surface area contributed by atoms with Crippen LogP contribution in [0.5, 0.6) is 5.88 Å². The number of nitrogens with zero attached hydrogens (tertiary/aromatic N) is 2. The normalized spacial score (nSPS) is 21.9. The van der Waals surface area contributed by atoms with Gasteiger partial charge >= 0.3 is 0 Å². The number of amides is 2. The number of nitrogens with two attached hydrogens (primary N) is 1. The van der Waals surface area contributed by atoms with Gasteiger partial charge in [-0.15, -0.1) is 0 Å². The van der Waals surface area contributed by atoms with E-state index in [0.29, 0.717) is 24.4 Å². The highest BCUT2D eigenvalue weighted by atomic mass is 16.5. The Morgan fingerprint density at radius 3 is 2.76 bits per heavy atom. The molecule has 6 nitrogen and oxygen atoms in total. The van der Waals surface area contributed by atoms with Crippen molar-refractivity contribution in [2.75, 3.05) is 6.54 Å². The Morgan fingerprint density at radius 1 is 1.29 bits per heavy atom. The van der Waals surface area contributed by atoms with E-state index in [1.54, 1.807) is 23.2 Å². The van der Waals surface area contributed by atoms with Crippen LogP contribution >= 0.6 is 0 Å². The van der Waals surface area contributed by atoms with E-state index in [2.05, 4.69) is 4.98 Å². The van der Waals surface area contributed by atoms with Gasteiger partial charge < -0.3 is 15.4 Å². The molecule has 2 heterocycles. The van der Waals surface area contributed by atoms with Crippen molar-refractivity contribution in [1.82, 2.24) is 9.88 Å². The van der Waals surface area contributed by atoms with Crippen LogP contribution < -0.4 is 10.5 Å². The highest BCUT2D eigenvalue weighted by Gasteiger charge is 2.33. The molecule has 112 valence electrons. The number of carbonyl (C=O) groups excluding carboxylic acids is 2. The molecule has 2 aliphatic rings. The Kier molecular flexibility index (Phi) is 3.77. The van der Waals surface area contributed by atoms with E-state index in [1.807, 2.05) is 0 Å². The monoisotopic (exact) mass is 289 g/mol. The van der Waals surface area contributed by atoms with Crippen molar-refractivity contribution in [3.8, 4) is 5.88 Å². The second-order valence-corrected chi connectivity index (χ2v) is 5.61. The van der Waals surface area contributed by atoms with Gasteiger partial charge in [0, 0.05) is 24.4 Å². The molecule has 2 fully saturated rings. The first-order chi connectivity index (χ1) is 10.1. The highest BCUT2D eigenvalue weighted by molar-refractivity contribution is 5.97. The molecule has 0 aromatic carbocycles.